The van der Waals surface area contributed by atoms with Crippen LogP contribution in [0.1, 0.15) is 0 Å². The van der Waals surface area contributed by atoms with Crippen LogP contribution in [-0.4, -0.2) is 4.98 Å². The summed E-state index contributed by atoms with van der Waals surface area (Å²) < 4.78 is 6.03. The van der Waals surface area contributed by atoms with Crippen molar-refractivity contribution in [3.05, 3.63) is 60.9 Å². The summed E-state index contributed by atoms with van der Waals surface area (Å²) in [4.78, 5) is 3.19. The normalized spacial score (nSPS) is 11.2. The highest BCUT2D eigenvalue weighted by molar-refractivity contribution is 5.90. The Balaban J connectivity index is 0.00000110. The van der Waals surface area contributed by atoms with Gasteiger partial charge in [-0.3, -0.25) is 0 Å². The van der Waals surface area contributed by atoms with E-state index in [0.717, 1.165) is 22.6 Å². The smallest absolute Gasteiger partial charge is 0.135 e. The van der Waals surface area contributed by atoms with Crippen molar-refractivity contribution >= 4 is 12.4 Å². The first-order chi connectivity index (χ1) is 8.93. The molecule has 0 radical (unpaired) electrons. The lowest BCUT2D eigenvalue weighted by atomic mass is 9.99. The van der Waals surface area contributed by atoms with Gasteiger partial charge in [0.15, 0.2) is 0 Å². The van der Waals surface area contributed by atoms with Crippen molar-refractivity contribution in [3.8, 4) is 33.8 Å². The fourth-order valence-corrected chi connectivity index (χ4v) is 2.48. The minimum absolute atomic E-state index is 0. The van der Waals surface area contributed by atoms with E-state index in [1.54, 1.807) is 0 Å². The summed E-state index contributed by atoms with van der Waals surface area (Å²) in [5.74, 6) is 1.81. The molecule has 0 spiro atoms. The van der Waals surface area contributed by atoms with E-state index in [-0.39, 0.29) is 12.4 Å². The van der Waals surface area contributed by atoms with Crippen molar-refractivity contribution in [2.24, 2.45) is 0 Å². The average Bonchev–Trinajstić information content (AvgIpc) is 2.84. The van der Waals surface area contributed by atoms with E-state index < -0.39 is 0 Å². The molecular formula is C16H12ClNO. The second-order valence-electron chi connectivity index (χ2n) is 4.38. The van der Waals surface area contributed by atoms with Gasteiger partial charge in [-0.25, -0.2) is 0 Å². The van der Waals surface area contributed by atoms with Crippen molar-refractivity contribution in [2.75, 3.05) is 0 Å². The van der Waals surface area contributed by atoms with Gasteiger partial charge >= 0.3 is 0 Å². The van der Waals surface area contributed by atoms with E-state index in [4.69, 9.17) is 4.74 Å². The Morgan fingerprint density at radius 1 is 0.632 bits per heavy atom. The zero-order chi connectivity index (χ0) is 11.9. The molecule has 0 bridgehead atoms. The lowest BCUT2D eigenvalue weighted by molar-refractivity contribution is 0.487. The first-order valence-electron chi connectivity index (χ1n) is 5.97. The van der Waals surface area contributed by atoms with Gasteiger partial charge in [0.25, 0.3) is 0 Å². The van der Waals surface area contributed by atoms with Crippen LogP contribution in [0.2, 0.25) is 0 Å². The number of nitrogens with one attached hydrogen (secondary N) is 1. The third kappa shape index (κ3) is 1.72. The Labute approximate surface area is 117 Å². The molecule has 1 aliphatic rings. The summed E-state index contributed by atoms with van der Waals surface area (Å²) >= 11 is 0. The van der Waals surface area contributed by atoms with E-state index in [1.165, 1.54) is 11.1 Å². The molecule has 3 heteroatoms. The Morgan fingerprint density at radius 3 is 1.63 bits per heavy atom. The third-order valence-electron chi connectivity index (χ3n) is 3.32. The van der Waals surface area contributed by atoms with Crippen molar-refractivity contribution in [1.29, 1.82) is 0 Å². The van der Waals surface area contributed by atoms with Crippen molar-refractivity contribution in [3.63, 3.8) is 0 Å². The second kappa shape index (κ2) is 4.48. The molecule has 4 rings (SSSR count). The first kappa shape index (κ1) is 11.9. The molecule has 0 amide bonds. The van der Waals surface area contributed by atoms with Gasteiger partial charge in [0.1, 0.15) is 11.5 Å². The summed E-state index contributed by atoms with van der Waals surface area (Å²) in [6, 6.07) is 16.3. The Morgan fingerprint density at radius 2 is 1.11 bits per heavy atom. The summed E-state index contributed by atoms with van der Waals surface area (Å²) in [5.41, 5.74) is 4.64. The van der Waals surface area contributed by atoms with E-state index in [9.17, 15) is 0 Å². The predicted octanol–water partition coefficient (Wildman–Crippen LogP) is 4.88. The number of para-hydroxylation sites is 2. The van der Waals surface area contributed by atoms with Gasteiger partial charge in [-0.05, 0) is 12.1 Å². The third-order valence-corrected chi connectivity index (χ3v) is 3.32. The fraction of sp³-hybridized carbons (Fsp3) is 0. The molecule has 94 valence electrons. The van der Waals surface area contributed by atoms with Crippen LogP contribution in [0.25, 0.3) is 22.3 Å². The molecule has 0 saturated heterocycles. The minimum atomic E-state index is 0. The van der Waals surface area contributed by atoms with Crippen LogP contribution in [0.15, 0.2) is 60.9 Å². The highest BCUT2D eigenvalue weighted by Crippen LogP contribution is 2.45. The maximum Gasteiger partial charge on any atom is 0.135 e. The zero-order valence-corrected chi connectivity index (χ0v) is 10.9. The number of benzene rings is 2. The lowest BCUT2D eigenvalue weighted by Crippen LogP contribution is -1.85. The predicted molar refractivity (Wildman–Crippen MR) is 79.0 cm³/mol. The Kier molecular flexibility index (Phi) is 2.80. The molecule has 3 aromatic rings. The van der Waals surface area contributed by atoms with E-state index >= 15 is 0 Å². The molecule has 1 N–H and O–H groups in total. The molecule has 0 unspecified atom stereocenters. The van der Waals surface area contributed by atoms with Crippen LogP contribution in [0.3, 0.4) is 0 Å². The van der Waals surface area contributed by atoms with E-state index in [2.05, 4.69) is 17.1 Å². The van der Waals surface area contributed by atoms with Gasteiger partial charge in [0, 0.05) is 34.6 Å². The van der Waals surface area contributed by atoms with Crippen molar-refractivity contribution < 1.29 is 4.74 Å². The zero-order valence-electron chi connectivity index (χ0n) is 10.1. The van der Waals surface area contributed by atoms with Gasteiger partial charge in [-0.15, -0.1) is 12.4 Å². The van der Waals surface area contributed by atoms with Crippen LogP contribution < -0.4 is 4.74 Å². The second-order valence-corrected chi connectivity index (χ2v) is 4.38. The van der Waals surface area contributed by atoms with Crippen LogP contribution in [0, 0.1) is 0 Å². The Hall–Kier alpha value is -2.19. The topological polar surface area (TPSA) is 25.0 Å². The van der Waals surface area contributed by atoms with Crippen LogP contribution >= 0.6 is 12.4 Å². The molecule has 0 fully saturated rings. The fourth-order valence-electron chi connectivity index (χ4n) is 2.48. The molecule has 1 aromatic heterocycles. The SMILES string of the molecule is Cl.c1ccc2c(c1)Oc1ccccc1-c1c[nH]cc1-2. The molecule has 0 aliphatic carbocycles. The standard InChI is InChI=1S/C16H11NO.ClH/c1-3-7-15-11(5-1)13-9-17-10-14(13)12-6-2-4-8-16(12)18-15;/h1-10,17H;1H. The summed E-state index contributed by atoms with van der Waals surface area (Å²) in [6.45, 7) is 0. The largest absolute Gasteiger partial charge is 0.456 e. The maximum absolute atomic E-state index is 6.03. The number of ether oxygens (including phenoxy) is 1. The number of fused-ring (bicyclic) bond motifs is 5. The highest BCUT2D eigenvalue weighted by Gasteiger charge is 2.20. The number of H-pyrrole nitrogens is 1. The average molecular weight is 270 g/mol. The molecule has 0 atom stereocenters. The molecule has 2 heterocycles. The summed E-state index contributed by atoms with van der Waals surface area (Å²) in [5, 5.41) is 0. The van der Waals surface area contributed by atoms with Gasteiger partial charge < -0.3 is 9.72 Å². The summed E-state index contributed by atoms with van der Waals surface area (Å²) in [6.07, 6.45) is 4.05. The van der Waals surface area contributed by atoms with Gasteiger partial charge in [-0.2, -0.15) is 0 Å². The number of hydrogen-bond acceptors (Lipinski definition) is 1. The van der Waals surface area contributed by atoms with Crippen molar-refractivity contribution in [2.45, 2.75) is 0 Å². The van der Waals surface area contributed by atoms with E-state index in [1.807, 2.05) is 48.8 Å². The molecule has 2 nitrogen and oxygen atoms in total. The van der Waals surface area contributed by atoms with Gasteiger partial charge in [0.2, 0.25) is 0 Å². The lowest BCUT2D eigenvalue weighted by Gasteiger charge is -2.08. The molecule has 1 aliphatic heterocycles. The van der Waals surface area contributed by atoms with Crippen LogP contribution in [0.4, 0.5) is 0 Å². The maximum atomic E-state index is 6.03. The Bertz CT molecular complexity index is 673. The summed E-state index contributed by atoms with van der Waals surface area (Å²) in [7, 11) is 0. The number of aromatic nitrogens is 1. The van der Waals surface area contributed by atoms with Gasteiger partial charge in [-0.1, -0.05) is 36.4 Å². The van der Waals surface area contributed by atoms with Crippen LogP contribution in [-0.2, 0) is 0 Å². The monoisotopic (exact) mass is 269 g/mol. The number of halogens is 1. The first-order valence-corrected chi connectivity index (χ1v) is 5.97. The van der Waals surface area contributed by atoms with Gasteiger partial charge in [0.05, 0.1) is 0 Å². The molecule has 0 saturated carbocycles. The molecule has 2 aromatic carbocycles. The number of aromatic amines is 1. The molecular weight excluding hydrogens is 258 g/mol. The number of rotatable bonds is 0. The van der Waals surface area contributed by atoms with E-state index in [0.29, 0.717) is 0 Å². The quantitative estimate of drug-likeness (QED) is 0.484. The highest BCUT2D eigenvalue weighted by atomic mass is 35.5. The number of hydrogen-bond donors (Lipinski definition) is 1. The van der Waals surface area contributed by atoms with Crippen molar-refractivity contribution in [1.82, 2.24) is 4.98 Å². The minimum Gasteiger partial charge on any atom is -0.456 e. The van der Waals surface area contributed by atoms with Crippen LogP contribution in [0.5, 0.6) is 11.5 Å². The molecule has 19 heavy (non-hydrogen) atoms.